The van der Waals surface area contributed by atoms with Crippen LogP contribution >= 0.6 is 0 Å². The maximum Gasteiger partial charge on any atom is 0.230 e. The van der Waals surface area contributed by atoms with Gasteiger partial charge >= 0.3 is 0 Å². The summed E-state index contributed by atoms with van der Waals surface area (Å²) in [4.78, 5) is 0. The lowest BCUT2D eigenvalue weighted by Crippen LogP contribution is -2.25. The lowest BCUT2D eigenvalue weighted by molar-refractivity contribution is 0.373. The highest BCUT2D eigenvalue weighted by Crippen LogP contribution is 2.22. The highest BCUT2D eigenvalue weighted by atomic mass is 16.4. The van der Waals surface area contributed by atoms with E-state index in [1.165, 1.54) is 11.1 Å². The normalized spacial score (nSPS) is 12.8. The molecule has 0 saturated carbocycles. The molecular weight excluding hydrogens is 250 g/mol. The quantitative estimate of drug-likeness (QED) is 0.876. The van der Waals surface area contributed by atoms with Gasteiger partial charge in [0.1, 0.15) is 0 Å². The fourth-order valence-electron chi connectivity index (χ4n) is 2.31. The van der Waals surface area contributed by atoms with Crippen LogP contribution in [0.1, 0.15) is 49.7 Å². The van der Waals surface area contributed by atoms with Crippen LogP contribution in [0.25, 0.3) is 0 Å². The van der Waals surface area contributed by atoms with Crippen molar-refractivity contribution in [3.05, 3.63) is 47.2 Å². The van der Waals surface area contributed by atoms with E-state index < -0.39 is 0 Å². The van der Waals surface area contributed by atoms with Crippen LogP contribution in [0, 0.1) is 12.8 Å². The van der Waals surface area contributed by atoms with Gasteiger partial charge in [-0.3, -0.25) is 0 Å². The smallest absolute Gasteiger partial charge is 0.230 e. The highest BCUT2D eigenvalue weighted by Gasteiger charge is 2.16. The summed E-state index contributed by atoms with van der Waals surface area (Å²) in [7, 11) is 0. The van der Waals surface area contributed by atoms with Gasteiger partial charge in [0.2, 0.25) is 11.8 Å². The molecule has 108 valence electrons. The van der Waals surface area contributed by atoms with Crippen LogP contribution in [-0.2, 0) is 13.0 Å². The third-order valence-electron chi connectivity index (χ3n) is 3.45. The average molecular weight is 273 g/mol. The molecular formula is C16H23N3O. The molecule has 0 aliphatic carbocycles. The Morgan fingerprint density at radius 3 is 2.35 bits per heavy atom. The van der Waals surface area contributed by atoms with Crippen LogP contribution in [0.15, 0.2) is 28.7 Å². The van der Waals surface area contributed by atoms with Crippen molar-refractivity contribution in [3.8, 4) is 0 Å². The average Bonchev–Trinajstić information content (AvgIpc) is 2.85. The third-order valence-corrected chi connectivity index (χ3v) is 3.45. The SMILES string of the molecule is CCc1ccc(C(NCc2nnc(C)o2)C(C)C)cc1. The molecule has 1 N–H and O–H groups in total. The number of aromatic nitrogens is 2. The van der Waals surface area contributed by atoms with Crippen molar-refractivity contribution >= 4 is 0 Å². The summed E-state index contributed by atoms with van der Waals surface area (Å²) in [5.74, 6) is 1.74. The molecule has 0 aliphatic heterocycles. The minimum Gasteiger partial charge on any atom is -0.424 e. The molecule has 0 bridgehead atoms. The first-order chi connectivity index (χ1) is 9.60. The van der Waals surface area contributed by atoms with Gasteiger partial charge in [0.05, 0.1) is 6.54 Å². The predicted octanol–water partition coefficient (Wildman–Crippen LogP) is 3.43. The molecule has 4 heteroatoms. The summed E-state index contributed by atoms with van der Waals surface area (Å²) in [5, 5.41) is 11.4. The molecule has 1 unspecified atom stereocenters. The number of rotatable bonds is 6. The van der Waals surface area contributed by atoms with Crippen molar-refractivity contribution < 1.29 is 4.42 Å². The summed E-state index contributed by atoms with van der Waals surface area (Å²) < 4.78 is 5.40. The molecule has 1 aromatic carbocycles. The zero-order valence-electron chi connectivity index (χ0n) is 12.7. The van der Waals surface area contributed by atoms with Gasteiger partial charge < -0.3 is 9.73 Å². The van der Waals surface area contributed by atoms with Gasteiger partial charge in [-0.05, 0) is 23.5 Å². The topological polar surface area (TPSA) is 51.0 Å². The Morgan fingerprint density at radius 2 is 1.85 bits per heavy atom. The van der Waals surface area contributed by atoms with Crippen molar-refractivity contribution in [1.82, 2.24) is 15.5 Å². The third kappa shape index (κ3) is 3.67. The van der Waals surface area contributed by atoms with E-state index in [1.54, 1.807) is 6.92 Å². The minimum absolute atomic E-state index is 0.285. The van der Waals surface area contributed by atoms with Crippen molar-refractivity contribution in [2.45, 2.75) is 46.7 Å². The number of nitrogens with one attached hydrogen (secondary N) is 1. The number of aryl methyl sites for hydroxylation is 2. The van der Waals surface area contributed by atoms with Gasteiger partial charge in [0.15, 0.2) is 0 Å². The number of hydrogen-bond donors (Lipinski definition) is 1. The molecule has 0 amide bonds. The largest absolute Gasteiger partial charge is 0.424 e. The van der Waals surface area contributed by atoms with Crippen molar-refractivity contribution in [2.75, 3.05) is 0 Å². The van der Waals surface area contributed by atoms with E-state index in [-0.39, 0.29) is 6.04 Å². The van der Waals surface area contributed by atoms with Crippen LogP contribution in [0.5, 0.6) is 0 Å². The summed E-state index contributed by atoms with van der Waals surface area (Å²) in [6.45, 7) is 9.00. The van der Waals surface area contributed by atoms with Gasteiger partial charge in [-0.15, -0.1) is 10.2 Å². The second-order valence-electron chi connectivity index (χ2n) is 5.41. The summed E-state index contributed by atoms with van der Waals surface area (Å²) in [6.07, 6.45) is 1.07. The van der Waals surface area contributed by atoms with Gasteiger partial charge in [0, 0.05) is 13.0 Å². The molecule has 0 radical (unpaired) electrons. The van der Waals surface area contributed by atoms with E-state index in [0.29, 0.717) is 24.2 Å². The Morgan fingerprint density at radius 1 is 1.15 bits per heavy atom. The van der Waals surface area contributed by atoms with Crippen molar-refractivity contribution in [2.24, 2.45) is 5.92 Å². The molecule has 20 heavy (non-hydrogen) atoms. The fraction of sp³-hybridized carbons (Fsp3) is 0.500. The second kappa shape index (κ2) is 6.66. The van der Waals surface area contributed by atoms with E-state index in [1.807, 2.05) is 0 Å². The standard InChI is InChI=1S/C16H23N3O/c1-5-13-6-8-14(9-7-13)16(11(2)3)17-10-15-19-18-12(4)20-15/h6-9,11,16-17H,5,10H2,1-4H3. The summed E-state index contributed by atoms with van der Waals surface area (Å²) in [6, 6.07) is 9.09. The number of benzene rings is 1. The molecule has 2 aromatic rings. The van der Waals surface area contributed by atoms with Crippen LogP contribution in [0.2, 0.25) is 0 Å². The fourth-order valence-corrected chi connectivity index (χ4v) is 2.31. The Balaban J connectivity index is 2.06. The van der Waals surface area contributed by atoms with Gasteiger partial charge in [0.25, 0.3) is 0 Å². The molecule has 1 aromatic heterocycles. The van der Waals surface area contributed by atoms with E-state index in [4.69, 9.17) is 4.42 Å². The Kier molecular flexibility index (Phi) is 4.90. The maximum absolute atomic E-state index is 5.40. The predicted molar refractivity (Wildman–Crippen MR) is 79.3 cm³/mol. The number of hydrogen-bond acceptors (Lipinski definition) is 4. The van der Waals surface area contributed by atoms with E-state index in [9.17, 15) is 0 Å². The van der Waals surface area contributed by atoms with E-state index >= 15 is 0 Å². The minimum atomic E-state index is 0.285. The van der Waals surface area contributed by atoms with Crippen molar-refractivity contribution in [1.29, 1.82) is 0 Å². The molecule has 2 rings (SSSR count). The zero-order valence-corrected chi connectivity index (χ0v) is 12.7. The van der Waals surface area contributed by atoms with E-state index in [2.05, 4.69) is 60.6 Å². The Hall–Kier alpha value is -1.68. The lowest BCUT2D eigenvalue weighted by Gasteiger charge is -2.22. The molecule has 0 saturated heterocycles. The summed E-state index contributed by atoms with van der Waals surface area (Å²) >= 11 is 0. The Labute approximate surface area is 120 Å². The van der Waals surface area contributed by atoms with Crippen LogP contribution in [-0.4, -0.2) is 10.2 Å². The zero-order chi connectivity index (χ0) is 14.5. The molecule has 1 atom stereocenters. The maximum atomic E-state index is 5.40. The van der Waals surface area contributed by atoms with E-state index in [0.717, 1.165) is 6.42 Å². The summed E-state index contributed by atoms with van der Waals surface area (Å²) in [5.41, 5.74) is 2.66. The number of nitrogens with zero attached hydrogens (tertiary/aromatic N) is 2. The molecule has 0 aliphatic rings. The first-order valence-electron chi connectivity index (χ1n) is 7.21. The van der Waals surface area contributed by atoms with Crippen LogP contribution in [0.4, 0.5) is 0 Å². The monoisotopic (exact) mass is 273 g/mol. The highest BCUT2D eigenvalue weighted by molar-refractivity contribution is 5.25. The molecule has 1 heterocycles. The molecule has 0 spiro atoms. The van der Waals surface area contributed by atoms with Crippen LogP contribution < -0.4 is 5.32 Å². The van der Waals surface area contributed by atoms with Gasteiger partial charge in [-0.2, -0.15) is 0 Å². The first kappa shape index (κ1) is 14.7. The van der Waals surface area contributed by atoms with Crippen molar-refractivity contribution in [3.63, 3.8) is 0 Å². The molecule has 4 nitrogen and oxygen atoms in total. The van der Waals surface area contributed by atoms with Gasteiger partial charge in [-0.1, -0.05) is 45.0 Å². The molecule has 0 fully saturated rings. The van der Waals surface area contributed by atoms with Gasteiger partial charge in [-0.25, -0.2) is 0 Å². The second-order valence-corrected chi connectivity index (χ2v) is 5.41. The Bertz CT molecular complexity index is 531. The first-order valence-corrected chi connectivity index (χ1v) is 7.21. The van der Waals surface area contributed by atoms with Crippen LogP contribution in [0.3, 0.4) is 0 Å². The lowest BCUT2D eigenvalue weighted by atomic mass is 9.95.